The van der Waals surface area contributed by atoms with Crippen molar-refractivity contribution in [2.75, 3.05) is 11.9 Å². The highest BCUT2D eigenvalue weighted by molar-refractivity contribution is 5.74. The molecule has 0 bridgehead atoms. The Morgan fingerprint density at radius 2 is 1.62 bits per heavy atom. The molecule has 3 aromatic rings. The highest BCUT2D eigenvalue weighted by atomic mass is 16.3. The molecule has 0 radical (unpaired) electrons. The molecule has 0 spiro atoms. The first-order chi connectivity index (χ1) is 15.0. The molecule has 7 heteroatoms. The number of nitrogens with one attached hydrogen (secondary N) is 1. The zero-order valence-corrected chi connectivity index (χ0v) is 19.3. The van der Waals surface area contributed by atoms with E-state index in [0.29, 0.717) is 17.3 Å². The molecule has 0 atom stereocenters. The number of phenolic OH excluding ortho intramolecular Hbond substituents is 1. The zero-order valence-electron chi connectivity index (χ0n) is 19.3. The average molecular weight is 434 g/mol. The molecule has 3 N–H and O–H groups in total. The number of phenols is 1. The molecule has 0 saturated carbocycles. The smallest absolute Gasteiger partial charge is 0.151 e. The maximum atomic E-state index is 10.6. The molecule has 0 amide bonds. The van der Waals surface area contributed by atoms with Gasteiger partial charge in [0, 0.05) is 41.5 Å². The standard InChI is InChI=1S/C25H31N5O2/c1-24(2)12-18(13-25(3,4)29-24)30(5)23-9-8-21(27-28-23)20-7-6-16(11-22(20)32)17-10-19(31)15-26-14-17/h6-11,14-15,18,29,31-32H,12-13H2,1-5H3. The van der Waals surface area contributed by atoms with Crippen LogP contribution in [0.1, 0.15) is 40.5 Å². The number of hydrogen-bond acceptors (Lipinski definition) is 7. The van der Waals surface area contributed by atoms with Crippen LogP contribution in [0.15, 0.2) is 48.8 Å². The number of nitrogens with zero attached hydrogens (tertiary/aromatic N) is 4. The van der Waals surface area contributed by atoms with E-state index in [1.54, 1.807) is 24.4 Å². The highest BCUT2D eigenvalue weighted by Gasteiger charge is 2.39. The lowest BCUT2D eigenvalue weighted by Gasteiger charge is -2.49. The molecule has 0 aliphatic carbocycles. The van der Waals surface area contributed by atoms with E-state index in [4.69, 9.17) is 0 Å². The quantitative estimate of drug-likeness (QED) is 0.563. The summed E-state index contributed by atoms with van der Waals surface area (Å²) >= 11 is 0. The van der Waals surface area contributed by atoms with Gasteiger partial charge in [-0.25, -0.2) is 0 Å². The number of anilines is 1. The summed E-state index contributed by atoms with van der Waals surface area (Å²) in [6.07, 6.45) is 5.05. The zero-order chi connectivity index (χ0) is 23.1. The molecule has 1 fully saturated rings. The molecule has 168 valence electrons. The SMILES string of the molecule is CN(c1ccc(-c2ccc(-c3cncc(O)c3)cc2O)nn1)C1CC(C)(C)NC(C)(C)C1. The molecule has 3 heterocycles. The van der Waals surface area contributed by atoms with E-state index in [2.05, 4.69) is 60.1 Å². The topological polar surface area (TPSA) is 94.4 Å². The molecule has 1 aromatic carbocycles. The maximum Gasteiger partial charge on any atom is 0.151 e. The number of benzene rings is 1. The fourth-order valence-corrected chi connectivity index (χ4v) is 4.90. The van der Waals surface area contributed by atoms with Crippen LogP contribution >= 0.6 is 0 Å². The van der Waals surface area contributed by atoms with Gasteiger partial charge in [-0.15, -0.1) is 10.2 Å². The van der Waals surface area contributed by atoms with Gasteiger partial charge in [0.25, 0.3) is 0 Å². The molecule has 32 heavy (non-hydrogen) atoms. The van der Waals surface area contributed by atoms with Crippen molar-refractivity contribution < 1.29 is 10.2 Å². The van der Waals surface area contributed by atoms with Crippen molar-refractivity contribution in [3.8, 4) is 33.9 Å². The second kappa shape index (κ2) is 8.06. The number of pyridine rings is 1. The van der Waals surface area contributed by atoms with Gasteiger partial charge in [-0.2, -0.15) is 0 Å². The van der Waals surface area contributed by atoms with E-state index in [1.165, 1.54) is 6.20 Å². The first-order valence-corrected chi connectivity index (χ1v) is 10.9. The summed E-state index contributed by atoms with van der Waals surface area (Å²) in [5, 5.41) is 32.8. The van der Waals surface area contributed by atoms with Crippen molar-refractivity contribution in [2.24, 2.45) is 0 Å². The Kier molecular flexibility index (Phi) is 5.54. The van der Waals surface area contributed by atoms with E-state index < -0.39 is 0 Å². The number of aromatic nitrogens is 3. The van der Waals surface area contributed by atoms with E-state index in [9.17, 15) is 10.2 Å². The Labute approximate surface area is 189 Å². The van der Waals surface area contributed by atoms with Crippen LogP contribution in [0.3, 0.4) is 0 Å². The van der Waals surface area contributed by atoms with Crippen LogP contribution in [0.2, 0.25) is 0 Å². The minimum Gasteiger partial charge on any atom is -0.507 e. The van der Waals surface area contributed by atoms with Crippen LogP contribution in [-0.2, 0) is 0 Å². The number of aromatic hydroxyl groups is 2. The highest BCUT2D eigenvalue weighted by Crippen LogP contribution is 2.35. The van der Waals surface area contributed by atoms with Crippen LogP contribution in [0.5, 0.6) is 11.5 Å². The van der Waals surface area contributed by atoms with Crippen molar-refractivity contribution >= 4 is 5.82 Å². The Bertz CT molecular complexity index is 1100. The Balaban J connectivity index is 1.55. The van der Waals surface area contributed by atoms with Crippen LogP contribution in [0.4, 0.5) is 5.82 Å². The van der Waals surface area contributed by atoms with Crippen molar-refractivity contribution in [3.05, 3.63) is 48.8 Å². The lowest BCUT2D eigenvalue weighted by Crippen LogP contribution is -2.62. The minimum atomic E-state index is 0.0483. The number of piperidine rings is 1. The number of hydrogen-bond donors (Lipinski definition) is 3. The van der Waals surface area contributed by atoms with Gasteiger partial charge in [0.1, 0.15) is 11.5 Å². The second-order valence-corrected chi connectivity index (χ2v) is 10.0. The predicted octanol–water partition coefficient (Wildman–Crippen LogP) is 4.36. The van der Waals surface area contributed by atoms with Gasteiger partial charge in [-0.1, -0.05) is 6.07 Å². The van der Waals surface area contributed by atoms with E-state index >= 15 is 0 Å². The minimum absolute atomic E-state index is 0.0483. The van der Waals surface area contributed by atoms with Gasteiger partial charge in [0.05, 0.1) is 11.9 Å². The summed E-state index contributed by atoms with van der Waals surface area (Å²) in [6, 6.07) is 11.1. The largest absolute Gasteiger partial charge is 0.507 e. The average Bonchev–Trinajstić information content (AvgIpc) is 2.71. The van der Waals surface area contributed by atoms with Crippen molar-refractivity contribution in [1.82, 2.24) is 20.5 Å². The Hall–Kier alpha value is -3.19. The van der Waals surface area contributed by atoms with Crippen LogP contribution < -0.4 is 10.2 Å². The van der Waals surface area contributed by atoms with Gasteiger partial charge in [-0.3, -0.25) is 4.98 Å². The summed E-state index contributed by atoms with van der Waals surface area (Å²) in [4.78, 5) is 6.20. The molecule has 1 aliphatic rings. The van der Waals surface area contributed by atoms with Gasteiger partial charge in [-0.05, 0) is 76.4 Å². The van der Waals surface area contributed by atoms with E-state index in [1.807, 2.05) is 18.2 Å². The van der Waals surface area contributed by atoms with E-state index in [0.717, 1.165) is 29.8 Å². The molecule has 1 saturated heterocycles. The van der Waals surface area contributed by atoms with Crippen molar-refractivity contribution in [2.45, 2.75) is 57.7 Å². The van der Waals surface area contributed by atoms with Crippen LogP contribution in [0, 0.1) is 0 Å². The third kappa shape index (κ3) is 4.67. The molecule has 2 aromatic heterocycles. The van der Waals surface area contributed by atoms with E-state index in [-0.39, 0.29) is 22.6 Å². The van der Waals surface area contributed by atoms with Crippen molar-refractivity contribution in [1.29, 1.82) is 0 Å². The first kappa shape index (κ1) is 22.0. The fourth-order valence-electron chi connectivity index (χ4n) is 4.90. The monoisotopic (exact) mass is 433 g/mol. The Morgan fingerprint density at radius 1 is 0.906 bits per heavy atom. The van der Waals surface area contributed by atoms with Crippen LogP contribution in [0.25, 0.3) is 22.4 Å². The summed E-state index contributed by atoms with van der Waals surface area (Å²) in [5.41, 5.74) is 2.79. The molecule has 7 nitrogen and oxygen atoms in total. The molecule has 0 unspecified atom stereocenters. The summed E-state index contributed by atoms with van der Waals surface area (Å²) < 4.78 is 0. The summed E-state index contributed by atoms with van der Waals surface area (Å²) in [5.74, 6) is 0.995. The van der Waals surface area contributed by atoms with Gasteiger partial charge >= 0.3 is 0 Å². The molecule has 4 rings (SSSR count). The molecule has 1 aliphatic heterocycles. The third-order valence-electron chi connectivity index (χ3n) is 6.06. The fraction of sp³-hybridized carbons (Fsp3) is 0.400. The predicted molar refractivity (Wildman–Crippen MR) is 127 cm³/mol. The van der Waals surface area contributed by atoms with Gasteiger partial charge in [0.15, 0.2) is 5.82 Å². The normalized spacial score (nSPS) is 17.8. The van der Waals surface area contributed by atoms with Crippen molar-refractivity contribution in [3.63, 3.8) is 0 Å². The first-order valence-electron chi connectivity index (χ1n) is 10.9. The van der Waals surface area contributed by atoms with Gasteiger partial charge in [0.2, 0.25) is 0 Å². The summed E-state index contributed by atoms with van der Waals surface area (Å²) in [6.45, 7) is 8.96. The Morgan fingerprint density at radius 3 is 2.22 bits per heavy atom. The number of rotatable bonds is 4. The second-order valence-electron chi connectivity index (χ2n) is 10.0. The molecular weight excluding hydrogens is 402 g/mol. The maximum absolute atomic E-state index is 10.6. The lowest BCUT2D eigenvalue weighted by molar-refractivity contribution is 0.160. The van der Waals surface area contributed by atoms with Gasteiger partial charge < -0.3 is 20.4 Å². The summed E-state index contributed by atoms with van der Waals surface area (Å²) in [7, 11) is 2.07. The molecular formula is C25H31N5O2. The third-order valence-corrected chi connectivity index (χ3v) is 6.06. The van der Waals surface area contributed by atoms with Crippen LogP contribution in [-0.4, -0.2) is 49.6 Å². The lowest BCUT2D eigenvalue weighted by atomic mass is 9.79.